The Morgan fingerprint density at radius 1 is 1.29 bits per heavy atom. The molecule has 3 aromatic rings. The molecule has 0 aliphatic heterocycles. The van der Waals surface area contributed by atoms with E-state index < -0.39 is 13.9 Å². The summed E-state index contributed by atoms with van der Waals surface area (Å²) in [7, 11) is -4.61. The number of hydrogen-bond donors (Lipinski definition) is 3. The lowest BCUT2D eigenvalue weighted by Crippen LogP contribution is -2.16. The Morgan fingerprint density at radius 2 is 2.10 bits per heavy atom. The topological polar surface area (TPSA) is 157 Å². The standard InChI is InChI=1S/C18H23ClN5O5PS/c1-2-3-4-5-6-15-21-16(24-29-15)11-7-8-12(13(19)9-11)17-22-23-18(31-17)14(20)10-28-30(25,26)27/h7-9,14H,2-6,10,20H2,1H3,(H2,25,26,27). The van der Waals surface area contributed by atoms with Gasteiger partial charge in [0.25, 0.3) is 0 Å². The Labute approximate surface area is 188 Å². The number of unbranched alkanes of at least 4 members (excludes halogenated alkanes) is 3. The normalized spacial score (nSPS) is 12.9. The van der Waals surface area contributed by atoms with Crippen LogP contribution in [0.1, 0.15) is 49.5 Å². The first-order chi connectivity index (χ1) is 14.8. The van der Waals surface area contributed by atoms with Crippen LogP contribution in [-0.4, -0.2) is 36.7 Å². The number of rotatable bonds is 11. The Morgan fingerprint density at radius 3 is 2.81 bits per heavy atom. The first-order valence-electron chi connectivity index (χ1n) is 9.68. The number of nitrogens with zero attached hydrogens (tertiary/aromatic N) is 4. The summed E-state index contributed by atoms with van der Waals surface area (Å²) in [5.74, 6) is 1.07. The van der Waals surface area contributed by atoms with Gasteiger partial charge in [-0.25, -0.2) is 4.57 Å². The van der Waals surface area contributed by atoms with E-state index >= 15 is 0 Å². The molecule has 0 saturated carbocycles. The third kappa shape index (κ3) is 6.88. The van der Waals surface area contributed by atoms with Gasteiger partial charge in [0.1, 0.15) is 10.0 Å². The van der Waals surface area contributed by atoms with Crippen LogP contribution in [0.3, 0.4) is 0 Å². The smallest absolute Gasteiger partial charge is 0.339 e. The lowest BCUT2D eigenvalue weighted by atomic mass is 10.1. The lowest BCUT2D eigenvalue weighted by molar-refractivity contribution is 0.186. The fourth-order valence-electron chi connectivity index (χ4n) is 2.75. The Balaban J connectivity index is 1.68. The minimum Gasteiger partial charge on any atom is -0.339 e. The van der Waals surface area contributed by atoms with Crippen LogP contribution in [0, 0.1) is 0 Å². The second kappa shape index (κ2) is 10.7. The van der Waals surface area contributed by atoms with Crippen LogP contribution in [0.4, 0.5) is 0 Å². The molecular weight excluding hydrogens is 465 g/mol. The van der Waals surface area contributed by atoms with E-state index in [1.54, 1.807) is 12.1 Å². The zero-order valence-corrected chi connectivity index (χ0v) is 19.2. The van der Waals surface area contributed by atoms with Gasteiger partial charge in [-0.2, -0.15) is 4.98 Å². The number of aryl methyl sites for hydroxylation is 1. The van der Waals surface area contributed by atoms with Gasteiger partial charge in [0.2, 0.25) is 11.7 Å². The SMILES string of the molecule is CCCCCCc1nc(-c2ccc(-c3nnc(C(N)COP(=O)(O)O)s3)c(Cl)c2)no1. The highest BCUT2D eigenvalue weighted by atomic mass is 35.5. The van der Waals surface area contributed by atoms with E-state index in [1.807, 2.05) is 6.07 Å². The number of hydrogen-bond acceptors (Lipinski definition) is 9. The van der Waals surface area contributed by atoms with Crippen molar-refractivity contribution in [2.24, 2.45) is 5.73 Å². The van der Waals surface area contributed by atoms with Gasteiger partial charge in [0, 0.05) is 17.5 Å². The fourth-order valence-corrected chi connectivity index (χ4v) is 4.30. The molecule has 2 aromatic heterocycles. The van der Waals surface area contributed by atoms with Crippen LogP contribution >= 0.6 is 30.8 Å². The van der Waals surface area contributed by atoms with Crippen molar-refractivity contribution in [1.29, 1.82) is 0 Å². The van der Waals surface area contributed by atoms with Gasteiger partial charge in [0.15, 0.2) is 0 Å². The summed E-state index contributed by atoms with van der Waals surface area (Å²) in [4.78, 5) is 22.0. The molecule has 1 atom stereocenters. The Hall–Kier alpha value is -1.72. The molecule has 10 nitrogen and oxygen atoms in total. The van der Waals surface area contributed by atoms with E-state index in [0.717, 1.165) is 30.6 Å². The number of aromatic nitrogens is 4. The lowest BCUT2D eigenvalue weighted by Gasteiger charge is -2.09. The van der Waals surface area contributed by atoms with E-state index in [9.17, 15) is 4.57 Å². The number of phosphoric ester groups is 1. The molecule has 3 rings (SSSR count). The van der Waals surface area contributed by atoms with Crippen LogP contribution in [0.5, 0.6) is 0 Å². The number of halogens is 1. The Bertz CT molecular complexity index is 1060. The van der Waals surface area contributed by atoms with Crippen LogP contribution in [0.25, 0.3) is 22.0 Å². The Kier molecular flexibility index (Phi) is 8.29. The molecule has 0 spiro atoms. The van der Waals surface area contributed by atoms with Crippen LogP contribution < -0.4 is 5.73 Å². The van der Waals surface area contributed by atoms with Crippen molar-refractivity contribution in [3.05, 3.63) is 34.1 Å². The van der Waals surface area contributed by atoms with Crippen molar-refractivity contribution < 1.29 is 23.4 Å². The summed E-state index contributed by atoms with van der Waals surface area (Å²) in [5, 5.41) is 13.4. The summed E-state index contributed by atoms with van der Waals surface area (Å²) in [6.07, 6.45) is 5.25. The zero-order valence-electron chi connectivity index (χ0n) is 16.8. The van der Waals surface area contributed by atoms with E-state index in [1.165, 1.54) is 12.8 Å². The average molecular weight is 488 g/mol. The molecule has 0 saturated heterocycles. The molecule has 2 heterocycles. The minimum absolute atomic E-state index is 0.370. The highest BCUT2D eigenvalue weighted by Crippen LogP contribution is 2.38. The summed E-state index contributed by atoms with van der Waals surface area (Å²) < 4.78 is 20.6. The monoisotopic (exact) mass is 487 g/mol. The summed E-state index contributed by atoms with van der Waals surface area (Å²) >= 11 is 7.61. The molecule has 168 valence electrons. The van der Waals surface area contributed by atoms with Crippen LogP contribution in [0.15, 0.2) is 22.7 Å². The highest BCUT2D eigenvalue weighted by molar-refractivity contribution is 7.46. The highest BCUT2D eigenvalue weighted by Gasteiger charge is 2.21. The molecule has 1 unspecified atom stereocenters. The third-order valence-corrected chi connectivity index (χ3v) is 6.24. The van der Waals surface area contributed by atoms with Gasteiger partial charge in [-0.15, -0.1) is 10.2 Å². The van der Waals surface area contributed by atoms with Crippen molar-refractivity contribution in [2.75, 3.05) is 6.61 Å². The number of benzene rings is 1. The fraction of sp³-hybridized carbons (Fsp3) is 0.444. The molecule has 0 aliphatic rings. The molecule has 4 N–H and O–H groups in total. The van der Waals surface area contributed by atoms with E-state index in [-0.39, 0.29) is 6.61 Å². The maximum atomic E-state index is 10.8. The van der Waals surface area contributed by atoms with Crippen molar-refractivity contribution in [2.45, 2.75) is 45.1 Å². The number of nitrogens with two attached hydrogens (primary N) is 1. The summed E-state index contributed by atoms with van der Waals surface area (Å²) in [5.41, 5.74) is 7.22. The minimum atomic E-state index is -4.61. The largest absolute Gasteiger partial charge is 0.469 e. The number of phosphoric acid groups is 1. The predicted molar refractivity (Wildman–Crippen MR) is 116 cm³/mol. The second-order valence-electron chi connectivity index (χ2n) is 6.86. The van der Waals surface area contributed by atoms with E-state index in [0.29, 0.717) is 37.9 Å². The van der Waals surface area contributed by atoms with Crippen molar-refractivity contribution in [3.8, 4) is 22.0 Å². The molecule has 0 bridgehead atoms. The second-order valence-corrected chi connectivity index (χ2v) is 9.51. The summed E-state index contributed by atoms with van der Waals surface area (Å²) in [6.45, 7) is 1.78. The van der Waals surface area contributed by atoms with Crippen molar-refractivity contribution >= 4 is 30.8 Å². The molecule has 0 aliphatic carbocycles. The van der Waals surface area contributed by atoms with Gasteiger partial charge in [0.05, 0.1) is 17.7 Å². The van der Waals surface area contributed by atoms with Gasteiger partial charge in [-0.3, -0.25) is 4.52 Å². The zero-order chi connectivity index (χ0) is 22.4. The molecule has 0 fully saturated rings. The van der Waals surface area contributed by atoms with Crippen molar-refractivity contribution in [3.63, 3.8) is 0 Å². The summed E-state index contributed by atoms with van der Waals surface area (Å²) in [6, 6.07) is 4.48. The first kappa shape index (κ1) is 23.9. The van der Waals surface area contributed by atoms with Gasteiger partial charge in [-0.05, 0) is 18.6 Å². The maximum Gasteiger partial charge on any atom is 0.469 e. The molecular formula is C18H23ClN5O5PS. The first-order valence-corrected chi connectivity index (χ1v) is 12.4. The van der Waals surface area contributed by atoms with E-state index in [4.69, 9.17) is 31.6 Å². The van der Waals surface area contributed by atoms with Crippen LogP contribution in [-0.2, 0) is 15.5 Å². The molecule has 0 amide bonds. The average Bonchev–Trinajstić information content (AvgIpc) is 3.39. The van der Waals surface area contributed by atoms with Gasteiger partial charge >= 0.3 is 7.82 Å². The molecule has 13 heteroatoms. The maximum absolute atomic E-state index is 10.8. The molecule has 31 heavy (non-hydrogen) atoms. The molecule has 1 aromatic carbocycles. The van der Waals surface area contributed by atoms with E-state index in [2.05, 4.69) is 31.8 Å². The van der Waals surface area contributed by atoms with Crippen molar-refractivity contribution in [1.82, 2.24) is 20.3 Å². The third-order valence-electron chi connectivity index (χ3n) is 4.35. The molecule has 0 radical (unpaired) electrons. The van der Waals surface area contributed by atoms with Crippen LogP contribution in [0.2, 0.25) is 5.02 Å². The predicted octanol–water partition coefficient (Wildman–Crippen LogP) is 4.14. The van der Waals surface area contributed by atoms with Gasteiger partial charge in [-0.1, -0.05) is 60.3 Å². The van der Waals surface area contributed by atoms with Gasteiger partial charge < -0.3 is 20.0 Å². The quantitative estimate of drug-likeness (QED) is 0.265.